The van der Waals surface area contributed by atoms with E-state index in [9.17, 15) is 14.5 Å². The summed E-state index contributed by atoms with van der Waals surface area (Å²) in [6.07, 6.45) is 1.45. The minimum Gasteiger partial charge on any atom is -0.320 e. The van der Waals surface area contributed by atoms with Gasteiger partial charge in [0.05, 0.1) is 16.7 Å². The predicted molar refractivity (Wildman–Crippen MR) is 65.2 cm³/mol. The minimum atomic E-state index is -0.727. The summed E-state index contributed by atoms with van der Waals surface area (Å²) in [7, 11) is 0. The molecule has 0 atom stereocenters. The number of non-ortho nitro benzene ring substituents is 1. The van der Waals surface area contributed by atoms with Crippen molar-refractivity contribution in [2.24, 2.45) is 5.73 Å². The molecule has 0 fully saturated rings. The number of nitrogens with zero attached hydrogens (tertiary/aromatic N) is 4. The van der Waals surface area contributed by atoms with E-state index in [0.29, 0.717) is 5.69 Å². The van der Waals surface area contributed by atoms with Gasteiger partial charge < -0.3 is 5.73 Å². The maximum absolute atomic E-state index is 13.7. The first kappa shape index (κ1) is 13.1. The number of halogens is 1. The zero-order chi connectivity index (χ0) is 14.2. The molecular weight excluding hydrogens is 253 g/mol. The summed E-state index contributed by atoms with van der Waals surface area (Å²) in [6, 6.07) is 3.20. The van der Waals surface area contributed by atoms with Crippen LogP contribution in [0.4, 0.5) is 10.1 Å². The molecular formula is C11H12FN5O2. The Bertz CT molecular complexity index is 632. The molecule has 0 aliphatic carbocycles. The summed E-state index contributed by atoms with van der Waals surface area (Å²) >= 11 is 0. The van der Waals surface area contributed by atoms with E-state index in [-0.39, 0.29) is 11.4 Å². The van der Waals surface area contributed by atoms with Crippen molar-refractivity contribution in [1.29, 1.82) is 0 Å². The highest BCUT2D eigenvalue weighted by molar-refractivity contribution is 5.43. The molecule has 0 saturated carbocycles. The molecule has 0 spiro atoms. The molecule has 0 radical (unpaired) electrons. The maximum Gasteiger partial charge on any atom is 0.271 e. The Balaban J connectivity index is 2.49. The Morgan fingerprint density at radius 1 is 1.47 bits per heavy atom. The third-order valence-corrected chi connectivity index (χ3v) is 2.54. The first-order chi connectivity index (χ1) is 8.79. The number of hydrogen-bond donors (Lipinski definition) is 1. The van der Waals surface area contributed by atoms with Crippen LogP contribution in [0, 0.1) is 15.9 Å². The number of nitro benzene ring substituents is 1. The minimum absolute atomic E-state index is 0.0443. The molecule has 1 aromatic carbocycles. The van der Waals surface area contributed by atoms with Crippen LogP contribution in [0.1, 0.15) is 19.5 Å². The molecule has 8 heteroatoms. The monoisotopic (exact) mass is 265 g/mol. The molecule has 1 heterocycles. The van der Waals surface area contributed by atoms with Gasteiger partial charge in [-0.15, -0.1) is 5.10 Å². The molecule has 7 nitrogen and oxygen atoms in total. The van der Waals surface area contributed by atoms with Crippen LogP contribution in [0.2, 0.25) is 0 Å². The number of nitrogens with two attached hydrogens (primary N) is 1. The zero-order valence-corrected chi connectivity index (χ0v) is 10.4. The summed E-state index contributed by atoms with van der Waals surface area (Å²) in [5, 5.41) is 18.2. The summed E-state index contributed by atoms with van der Waals surface area (Å²) in [5.41, 5.74) is 5.31. The van der Waals surface area contributed by atoms with Crippen molar-refractivity contribution in [2.45, 2.75) is 19.4 Å². The normalized spacial score (nSPS) is 11.6. The standard InChI is InChI=1S/C11H12FN5O2/c1-11(2,13)10-6-16(15-14-10)9-5-7(17(18)19)3-4-8(9)12/h3-6H,13H2,1-2H3. The van der Waals surface area contributed by atoms with Crippen molar-refractivity contribution in [2.75, 3.05) is 0 Å². The molecule has 19 heavy (non-hydrogen) atoms. The second kappa shape index (κ2) is 4.39. The van der Waals surface area contributed by atoms with Gasteiger partial charge in [-0.25, -0.2) is 9.07 Å². The predicted octanol–water partition coefficient (Wildman–Crippen LogP) is 1.51. The molecule has 2 N–H and O–H groups in total. The van der Waals surface area contributed by atoms with Gasteiger partial charge in [0.1, 0.15) is 17.2 Å². The summed E-state index contributed by atoms with van der Waals surface area (Å²) in [6.45, 7) is 3.45. The highest BCUT2D eigenvalue weighted by Crippen LogP contribution is 2.21. The lowest BCUT2D eigenvalue weighted by molar-refractivity contribution is -0.384. The second-order valence-electron chi connectivity index (χ2n) is 4.66. The summed E-state index contributed by atoms with van der Waals surface area (Å²) in [4.78, 5) is 10.1. The van der Waals surface area contributed by atoms with Crippen LogP contribution in [-0.2, 0) is 5.54 Å². The van der Waals surface area contributed by atoms with Gasteiger partial charge in [0.15, 0.2) is 0 Å². The molecule has 0 amide bonds. The van der Waals surface area contributed by atoms with E-state index in [1.54, 1.807) is 13.8 Å². The first-order valence-electron chi connectivity index (χ1n) is 5.45. The van der Waals surface area contributed by atoms with Crippen LogP contribution >= 0.6 is 0 Å². The van der Waals surface area contributed by atoms with Crippen molar-refractivity contribution >= 4 is 5.69 Å². The fraction of sp³-hybridized carbons (Fsp3) is 0.273. The summed E-state index contributed by atoms with van der Waals surface area (Å²) in [5.74, 6) is -0.628. The van der Waals surface area contributed by atoms with Crippen LogP contribution in [0.5, 0.6) is 0 Å². The number of rotatable bonds is 3. The molecule has 0 aliphatic rings. The zero-order valence-electron chi connectivity index (χ0n) is 10.4. The van der Waals surface area contributed by atoms with Gasteiger partial charge >= 0.3 is 0 Å². The highest BCUT2D eigenvalue weighted by Gasteiger charge is 2.20. The van der Waals surface area contributed by atoms with Crippen LogP contribution < -0.4 is 5.73 Å². The van der Waals surface area contributed by atoms with Crippen molar-refractivity contribution in [3.05, 3.63) is 46.0 Å². The van der Waals surface area contributed by atoms with Crippen LogP contribution in [-0.4, -0.2) is 19.9 Å². The first-order valence-corrected chi connectivity index (χ1v) is 5.45. The maximum atomic E-state index is 13.7. The molecule has 0 aliphatic heterocycles. The molecule has 100 valence electrons. The van der Waals surface area contributed by atoms with Gasteiger partial charge in [0.25, 0.3) is 5.69 Å². The molecule has 2 rings (SSSR count). The van der Waals surface area contributed by atoms with E-state index in [1.165, 1.54) is 6.20 Å². The molecule has 0 unspecified atom stereocenters. The number of aromatic nitrogens is 3. The summed E-state index contributed by atoms with van der Waals surface area (Å²) < 4.78 is 14.8. The Hall–Kier alpha value is -2.35. The van der Waals surface area contributed by atoms with Crippen LogP contribution in [0.15, 0.2) is 24.4 Å². The van der Waals surface area contributed by atoms with Gasteiger partial charge in [-0.3, -0.25) is 10.1 Å². The fourth-order valence-electron chi connectivity index (χ4n) is 1.47. The van der Waals surface area contributed by atoms with Crippen molar-refractivity contribution in [3.63, 3.8) is 0 Å². The molecule has 1 aromatic heterocycles. The van der Waals surface area contributed by atoms with E-state index in [4.69, 9.17) is 5.73 Å². The van der Waals surface area contributed by atoms with Gasteiger partial charge in [0.2, 0.25) is 0 Å². The van der Waals surface area contributed by atoms with E-state index in [1.807, 2.05) is 0 Å². The van der Waals surface area contributed by atoms with E-state index >= 15 is 0 Å². The third kappa shape index (κ3) is 2.58. The Kier molecular flexibility index (Phi) is 3.03. The quantitative estimate of drug-likeness (QED) is 0.669. The van der Waals surface area contributed by atoms with Crippen LogP contribution in [0.25, 0.3) is 5.69 Å². The van der Waals surface area contributed by atoms with Gasteiger partial charge in [-0.05, 0) is 19.9 Å². The number of nitro groups is 1. The van der Waals surface area contributed by atoms with E-state index in [2.05, 4.69) is 10.3 Å². The SMILES string of the molecule is CC(C)(N)c1cn(-c2cc([N+](=O)[O-])ccc2F)nn1. The lowest BCUT2D eigenvalue weighted by atomic mass is 10.0. The lowest BCUT2D eigenvalue weighted by Crippen LogP contribution is -2.29. The average molecular weight is 265 g/mol. The molecule has 0 saturated heterocycles. The third-order valence-electron chi connectivity index (χ3n) is 2.54. The van der Waals surface area contributed by atoms with E-state index < -0.39 is 16.3 Å². The van der Waals surface area contributed by atoms with E-state index in [0.717, 1.165) is 22.9 Å². The lowest BCUT2D eigenvalue weighted by Gasteiger charge is -2.13. The van der Waals surface area contributed by atoms with Gasteiger partial charge in [0, 0.05) is 12.1 Å². The number of benzene rings is 1. The number of hydrogen-bond acceptors (Lipinski definition) is 5. The fourth-order valence-corrected chi connectivity index (χ4v) is 1.47. The Labute approximate surface area is 108 Å². The second-order valence-corrected chi connectivity index (χ2v) is 4.66. The molecule has 0 bridgehead atoms. The van der Waals surface area contributed by atoms with Crippen molar-refractivity contribution in [1.82, 2.24) is 15.0 Å². The van der Waals surface area contributed by atoms with Gasteiger partial charge in [-0.1, -0.05) is 5.21 Å². The average Bonchev–Trinajstić information content (AvgIpc) is 2.78. The van der Waals surface area contributed by atoms with Crippen molar-refractivity contribution < 1.29 is 9.31 Å². The largest absolute Gasteiger partial charge is 0.320 e. The highest BCUT2D eigenvalue weighted by atomic mass is 19.1. The topological polar surface area (TPSA) is 99.9 Å². The van der Waals surface area contributed by atoms with Crippen LogP contribution in [0.3, 0.4) is 0 Å². The van der Waals surface area contributed by atoms with Crippen molar-refractivity contribution in [3.8, 4) is 5.69 Å². The Morgan fingerprint density at radius 3 is 2.68 bits per heavy atom. The van der Waals surface area contributed by atoms with Gasteiger partial charge in [-0.2, -0.15) is 0 Å². The molecule has 2 aromatic rings. The Morgan fingerprint density at radius 2 is 2.16 bits per heavy atom. The smallest absolute Gasteiger partial charge is 0.271 e.